The van der Waals surface area contributed by atoms with Crippen molar-refractivity contribution in [2.75, 3.05) is 26.4 Å². The van der Waals surface area contributed by atoms with Crippen molar-refractivity contribution >= 4 is 5.91 Å². The summed E-state index contributed by atoms with van der Waals surface area (Å²) >= 11 is 0. The summed E-state index contributed by atoms with van der Waals surface area (Å²) in [5, 5.41) is 0. The van der Waals surface area contributed by atoms with Gasteiger partial charge in [0.2, 0.25) is 5.91 Å². The maximum atomic E-state index is 13.1. The zero-order valence-electron chi connectivity index (χ0n) is 14.7. The number of hydrogen-bond donors (Lipinski definition) is 0. The molecule has 25 heavy (non-hydrogen) atoms. The number of amides is 1. The van der Waals surface area contributed by atoms with E-state index in [1.807, 2.05) is 12.1 Å². The first kappa shape index (κ1) is 15.7. The maximum Gasteiger partial charge on any atom is 0.226 e. The van der Waals surface area contributed by atoms with Gasteiger partial charge in [0.05, 0.1) is 19.3 Å². The van der Waals surface area contributed by atoms with E-state index in [0.717, 1.165) is 44.3 Å². The number of carbonyl (C=O) groups excluding carboxylic acids is 1. The molecule has 0 radical (unpaired) electrons. The lowest BCUT2D eigenvalue weighted by Gasteiger charge is -2.37. The average molecular weight is 341 g/mol. The molecule has 0 N–H and O–H groups in total. The summed E-state index contributed by atoms with van der Waals surface area (Å²) in [6.45, 7) is 3.18. The molecular formula is C21H27NO3. The molecule has 2 aliphatic carbocycles. The van der Waals surface area contributed by atoms with E-state index in [1.165, 1.54) is 24.8 Å². The molecule has 2 aliphatic heterocycles. The van der Waals surface area contributed by atoms with Crippen LogP contribution in [-0.4, -0.2) is 37.2 Å². The molecule has 4 aliphatic rings. The monoisotopic (exact) mass is 341 g/mol. The molecule has 4 nitrogen and oxygen atoms in total. The van der Waals surface area contributed by atoms with Crippen molar-refractivity contribution in [3.8, 4) is 5.75 Å². The fraction of sp³-hybridized carbons (Fsp3) is 0.667. The Morgan fingerprint density at radius 2 is 2.00 bits per heavy atom. The number of hydrogen-bond acceptors (Lipinski definition) is 3. The van der Waals surface area contributed by atoms with Crippen molar-refractivity contribution in [2.24, 2.45) is 23.7 Å². The van der Waals surface area contributed by atoms with E-state index in [2.05, 4.69) is 17.0 Å². The van der Waals surface area contributed by atoms with E-state index in [-0.39, 0.29) is 12.0 Å². The van der Waals surface area contributed by atoms with Gasteiger partial charge in [-0.15, -0.1) is 0 Å². The number of benzene rings is 1. The van der Waals surface area contributed by atoms with Crippen LogP contribution >= 0.6 is 0 Å². The van der Waals surface area contributed by atoms with Crippen molar-refractivity contribution in [3.63, 3.8) is 0 Å². The molecule has 2 heterocycles. The summed E-state index contributed by atoms with van der Waals surface area (Å²) in [5.41, 5.74) is 1.19. The number of carbonyl (C=O) groups is 1. The van der Waals surface area contributed by atoms with Gasteiger partial charge in [-0.1, -0.05) is 24.6 Å². The molecule has 1 aromatic rings. The van der Waals surface area contributed by atoms with Gasteiger partial charge in [-0.05, 0) is 37.7 Å². The van der Waals surface area contributed by atoms with Crippen molar-refractivity contribution < 1.29 is 14.3 Å². The fourth-order valence-corrected chi connectivity index (χ4v) is 4.62. The van der Waals surface area contributed by atoms with Crippen LogP contribution in [0.3, 0.4) is 0 Å². The molecule has 3 atom stereocenters. The predicted molar refractivity (Wildman–Crippen MR) is 94.3 cm³/mol. The minimum Gasteiger partial charge on any atom is -0.493 e. The number of nitrogens with zero attached hydrogens (tertiary/aromatic N) is 1. The van der Waals surface area contributed by atoms with Crippen LogP contribution in [0, 0.1) is 23.7 Å². The molecule has 134 valence electrons. The normalized spacial score (nSPS) is 31.0. The Morgan fingerprint density at radius 1 is 1.16 bits per heavy atom. The Morgan fingerprint density at radius 3 is 2.76 bits per heavy atom. The quantitative estimate of drug-likeness (QED) is 0.824. The van der Waals surface area contributed by atoms with Gasteiger partial charge in [0, 0.05) is 36.5 Å². The largest absolute Gasteiger partial charge is 0.493 e. The molecule has 0 bridgehead atoms. The smallest absolute Gasteiger partial charge is 0.226 e. The second-order valence-electron chi connectivity index (χ2n) is 8.32. The van der Waals surface area contributed by atoms with Crippen LogP contribution in [0.1, 0.15) is 43.7 Å². The van der Waals surface area contributed by atoms with Gasteiger partial charge in [0.15, 0.2) is 0 Å². The summed E-state index contributed by atoms with van der Waals surface area (Å²) in [7, 11) is 0. The Labute approximate surface area is 149 Å². The number of likely N-dealkylation sites (tertiary alicyclic amines) is 1. The molecule has 1 amide bonds. The lowest BCUT2D eigenvalue weighted by molar-refractivity contribution is -0.140. The predicted octanol–water partition coefficient (Wildman–Crippen LogP) is 3.42. The second-order valence-corrected chi connectivity index (χ2v) is 8.32. The number of ether oxygens (including phenoxy) is 2. The highest BCUT2D eigenvalue weighted by Gasteiger charge is 2.49. The van der Waals surface area contributed by atoms with Crippen molar-refractivity contribution in [3.05, 3.63) is 29.8 Å². The first-order chi connectivity index (χ1) is 12.3. The van der Waals surface area contributed by atoms with E-state index in [1.54, 1.807) is 0 Å². The number of fused-ring (bicyclic) bond motifs is 3. The third-order valence-corrected chi connectivity index (χ3v) is 6.57. The third kappa shape index (κ3) is 2.84. The Bertz CT molecular complexity index is 652. The van der Waals surface area contributed by atoms with E-state index in [9.17, 15) is 4.79 Å². The van der Waals surface area contributed by atoms with Crippen LogP contribution in [0.5, 0.6) is 5.75 Å². The molecule has 0 aromatic heterocycles. The van der Waals surface area contributed by atoms with Gasteiger partial charge in [-0.3, -0.25) is 4.79 Å². The van der Waals surface area contributed by atoms with Gasteiger partial charge >= 0.3 is 0 Å². The summed E-state index contributed by atoms with van der Waals surface area (Å²) in [6, 6.07) is 8.43. The van der Waals surface area contributed by atoms with Crippen LogP contribution in [0.2, 0.25) is 0 Å². The molecule has 5 rings (SSSR count). The Kier molecular flexibility index (Phi) is 3.96. The zero-order valence-corrected chi connectivity index (χ0v) is 14.7. The van der Waals surface area contributed by atoms with Crippen molar-refractivity contribution in [2.45, 2.75) is 38.1 Å². The number of rotatable bonds is 5. The highest BCUT2D eigenvalue weighted by atomic mass is 16.5. The van der Waals surface area contributed by atoms with Crippen LogP contribution in [0.25, 0.3) is 0 Å². The van der Waals surface area contributed by atoms with Crippen LogP contribution < -0.4 is 4.74 Å². The fourth-order valence-electron chi connectivity index (χ4n) is 4.62. The summed E-state index contributed by atoms with van der Waals surface area (Å²) in [6.07, 6.45) is 5.96. The van der Waals surface area contributed by atoms with Crippen LogP contribution in [0.15, 0.2) is 24.3 Å². The van der Waals surface area contributed by atoms with Gasteiger partial charge in [0.25, 0.3) is 0 Å². The number of para-hydroxylation sites is 1. The summed E-state index contributed by atoms with van der Waals surface area (Å²) < 4.78 is 12.1. The Hall–Kier alpha value is -1.55. The third-order valence-electron chi connectivity index (χ3n) is 6.57. The van der Waals surface area contributed by atoms with E-state index >= 15 is 0 Å². The maximum absolute atomic E-state index is 13.1. The molecular weight excluding hydrogens is 314 g/mol. The highest BCUT2D eigenvalue weighted by Crippen LogP contribution is 2.48. The van der Waals surface area contributed by atoms with E-state index in [0.29, 0.717) is 24.3 Å². The molecule has 0 unspecified atom stereocenters. The SMILES string of the molecule is O=C(C1CCC1)N1C[C@@H](COCC2CC2)[C@@H]2COc3ccccc3[C@@H]21. The van der Waals surface area contributed by atoms with Gasteiger partial charge in [-0.25, -0.2) is 0 Å². The zero-order chi connectivity index (χ0) is 16.8. The molecule has 3 fully saturated rings. The van der Waals surface area contributed by atoms with Crippen LogP contribution in [0.4, 0.5) is 0 Å². The molecule has 1 saturated heterocycles. The van der Waals surface area contributed by atoms with Gasteiger partial charge in [-0.2, -0.15) is 0 Å². The lowest BCUT2D eigenvalue weighted by Crippen LogP contribution is -2.40. The second kappa shape index (κ2) is 6.31. The van der Waals surface area contributed by atoms with Crippen molar-refractivity contribution in [1.29, 1.82) is 0 Å². The molecule has 1 aromatic carbocycles. The van der Waals surface area contributed by atoms with Gasteiger partial charge < -0.3 is 14.4 Å². The Balaban J connectivity index is 1.38. The van der Waals surface area contributed by atoms with Crippen LogP contribution in [-0.2, 0) is 9.53 Å². The first-order valence-electron chi connectivity index (χ1n) is 9.91. The molecule has 4 heteroatoms. The van der Waals surface area contributed by atoms with E-state index in [4.69, 9.17) is 9.47 Å². The topological polar surface area (TPSA) is 38.8 Å². The average Bonchev–Trinajstić information content (AvgIpc) is 3.33. The minimum atomic E-state index is 0.174. The minimum absolute atomic E-state index is 0.174. The molecule has 2 saturated carbocycles. The standard InChI is InChI=1S/C21H27NO3/c23-21(15-4-3-5-15)22-10-16(12-24-11-14-8-9-14)18-13-25-19-7-2-1-6-17(19)20(18)22/h1-2,6-7,14-16,18,20H,3-5,8-13H2/t16-,18-,20-/m0/s1. The molecule has 0 spiro atoms. The highest BCUT2D eigenvalue weighted by molar-refractivity contribution is 5.80. The lowest BCUT2D eigenvalue weighted by atomic mass is 9.83. The summed E-state index contributed by atoms with van der Waals surface area (Å²) in [4.78, 5) is 15.2. The van der Waals surface area contributed by atoms with E-state index < -0.39 is 0 Å². The summed E-state index contributed by atoms with van der Waals surface area (Å²) in [5.74, 6) is 3.10. The van der Waals surface area contributed by atoms with Gasteiger partial charge in [0.1, 0.15) is 5.75 Å². The first-order valence-corrected chi connectivity index (χ1v) is 9.91. The van der Waals surface area contributed by atoms with Crippen molar-refractivity contribution in [1.82, 2.24) is 4.90 Å².